The third kappa shape index (κ3) is 3.53. The lowest BCUT2D eigenvalue weighted by molar-refractivity contribution is -0.137. The highest BCUT2D eigenvalue weighted by Crippen LogP contribution is 2.50. The molecule has 1 aliphatic carbocycles. The van der Waals surface area contributed by atoms with Gasteiger partial charge in [-0.05, 0) is 55.4 Å². The summed E-state index contributed by atoms with van der Waals surface area (Å²) in [4.78, 5) is 12.0. The van der Waals surface area contributed by atoms with Crippen LogP contribution in [0, 0.1) is 0 Å². The molecule has 150 valence electrons. The molecule has 0 radical (unpaired) electrons. The lowest BCUT2D eigenvalue weighted by Crippen LogP contribution is -2.58. The van der Waals surface area contributed by atoms with Gasteiger partial charge in [0.15, 0.2) is 0 Å². The number of carbonyl (C=O) groups excluding carboxylic acids is 1. The molecular weight excluding hydrogens is 365 g/mol. The van der Waals surface area contributed by atoms with Crippen LogP contribution in [0.25, 0.3) is 0 Å². The van der Waals surface area contributed by atoms with Crippen LogP contribution in [0.3, 0.4) is 0 Å². The van der Waals surface area contributed by atoms with Crippen LogP contribution in [0.2, 0.25) is 0 Å². The van der Waals surface area contributed by atoms with Gasteiger partial charge >= 0.3 is 6.18 Å². The van der Waals surface area contributed by atoms with Crippen molar-refractivity contribution in [1.29, 1.82) is 0 Å². The first-order valence-corrected chi connectivity index (χ1v) is 9.31. The molecule has 2 aromatic carbocycles. The SMILES string of the molecule is CC1(N)CC(c2ccccc2)CCC1(C)c1ccc(C(F)(F)F)cc1C(N)=O. The molecule has 3 rings (SSSR count). The third-order valence-electron chi connectivity index (χ3n) is 6.40. The first kappa shape index (κ1) is 20.4. The quantitative estimate of drug-likeness (QED) is 0.794. The standard InChI is InChI=1S/C22H25F3N2O/c1-20(18-9-8-16(22(23,24)25)12-17(18)19(26)28)11-10-15(13-21(20,2)27)14-6-4-3-5-7-14/h3-9,12,15H,10-11,13,27H2,1-2H3,(H2,26,28). The molecule has 4 N–H and O–H groups in total. The molecule has 1 saturated carbocycles. The zero-order valence-corrected chi connectivity index (χ0v) is 16.0. The summed E-state index contributed by atoms with van der Waals surface area (Å²) >= 11 is 0. The lowest BCUT2D eigenvalue weighted by Gasteiger charge is -2.51. The second-order valence-electron chi connectivity index (χ2n) is 8.22. The molecule has 3 atom stereocenters. The number of halogens is 3. The van der Waals surface area contributed by atoms with Crippen LogP contribution in [0.5, 0.6) is 0 Å². The number of hydrogen-bond donors (Lipinski definition) is 2. The van der Waals surface area contributed by atoms with E-state index in [4.69, 9.17) is 11.5 Å². The highest BCUT2D eigenvalue weighted by molar-refractivity contribution is 5.95. The van der Waals surface area contributed by atoms with Gasteiger partial charge in [-0.2, -0.15) is 13.2 Å². The van der Waals surface area contributed by atoms with Gasteiger partial charge in [0.25, 0.3) is 0 Å². The number of nitrogens with two attached hydrogens (primary N) is 2. The highest BCUT2D eigenvalue weighted by Gasteiger charge is 2.49. The summed E-state index contributed by atoms with van der Waals surface area (Å²) in [7, 11) is 0. The first-order chi connectivity index (χ1) is 13.0. The van der Waals surface area contributed by atoms with Gasteiger partial charge in [-0.1, -0.05) is 43.3 Å². The van der Waals surface area contributed by atoms with Crippen molar-refractivity contribution in [3.63, 3.8) is 0 Å². The van der Waals surface area contributed by atoms with Gasteiger partial charge in [0, 0.05) is 16.5 Å². The van der Waals surface area contributed by atoms with E-state index >= 15 is 0 Å². The highest BCUT2D eigenvalue weighted by atomic mass is 19.4. The normalized spacial score (nSPS) is 28.1. The summed E-state index contributed by atoms with van der Waals surface area (Å²) in [6, 6.07) is 13.3. The van der Waals surface area contributed by atoms with E-state index in [-0.39, 0.29) is 11.5 Å². The monoisotopic (exact) mass is 390 g/mol. The predicted octanol–water partition coefficient (Wildman–Crippen LogP) is 4.75. The Balaban J connectivity index is 2.02. The fraction of sp³-hybridized carbons (Fsp3) is 0.409. The predicted molar refractivity (Wildman–Crippen MR) is 103 cm³/mol. The van der Waals surface area contributed by atoms with E-state index in [1.165, 1.54) is 11.6 Å². The molecule has 0 bridgehead atoms. The maximum Gasteiger partial charge on any atom is 0.416 e. The Morgan fingerprint density at radius 2 is 1.75 bits per heavy atom. The number of benzene rings is 2. The van der Waals surface area contributed by atoms with Crippen molar-refractivity contribution in [3.8, 4) is 0 Å². The van der Waals surface area contributed by atoms with Crippen LogP contribution in [0.1, 0.15) is 66.1 Å². The first-order valence-electron chi connectivity index (χ1n) is 9.31. The maximum atomic E-state index is 13.1. The summed E-state index contributed by atoms with van der Waals surface area (Å²) in [5.74, 6) is -0.612. The van der Waals surface area contributed by atoms with Gasteiger partial charge in [0.1, 0.15) is 0 Å². The molecule has 0 aromatic heterocycles. The van der Waals surface area contributed by atoms with Gasteiger partial charge in [-0.3, -0.25) is 4.79 Å². The molecule has 3 nitrogen and oxygen atoms in total. The second kappa shape index (κ2) is 6.92. The van der Waals surface area contributed by atoms with Gasteiger partial charge in [0.05, 0.1) is 5.56 Å². The molecule has 3 unspecified atom stereocenters. The zero-order chi connectivity index (χ0) is 20.7. The van der Waals surface area contributed by atoms with Gasteiger partial charge in [0.2, 0.25) is 5.91 Å². The van der Waals surface area contributed by atoms with E-state index in [1.807, 2.05) is 32.0 Å². The Morgan fingerprint density at radius 1 is 1.11 bits per heavy atom. The van der Waals surface area contributed by atoms with Gasteiger partial charge in [-0.15, -0.1) is 0 Å². The van der Waals surface area contributed by atoms with Crippen LogP contribution >= 0.6 is 0 Å². The van der Waals surface area contributed by atoms with E-state index in [1.54, 1.807) is 0 Å². The number of alkyl halides is 3. The number of rotatable bonds is 3. The number of carbonyl (C=O) groups is 1. The van der Waals surface area contributed by atoms with Crippen LogP contribution in [0.15, 0.2) is 48.5 Å². The van der Waals surface area contributed by atoms with Crippen molar-refractivity contribution in [2.24, 2.45) is 11.5 Å². The molecular formula is C22H25F3N2O. The minimum Gasteiger partial charge on any atom is -0.366 e. The molecule has 0 heterocycles. The third-order valence-corrected chi connectivity index (χ3v) is 6.40. The van der Waals surface area contributed by atoms with E-state index in [0.717, 1.165) is 18.6 Å². The van der Waals surface area contributed by atoms with Gasteiger partial charge < -0.3 is 11.5 Å². The van der Waals surface area contributed by atoms with Gasteiger partial charge in [-0.25, -0.2) is 0 Å². The maximum absolute atomic E-state index is 13.1. The van der Waals surface area contributed by atoms with Crippen molar-refractivity contribution in [2.75, 3.05) is 0 Å². The summed E-state index contributed by atoms with van der Waals surface area (Å²) in [5, 5.41) is 0. The minimum absolute atomic E-state index is 0.104. The molecule has 2 aromatic rings. The topological polar surface area (TPSA) is 69.1 Å². The lowest BCUT2D eigenvalue weighted by atomic mass is 9.56. The fourth-order valence-electron chi connectivity index (χ4n) is 4.45. The molecule has 0 aliphatic heterocycles. The van der Waals surface area contributed by atoms with E-state index in [9.17, 15) is 18.0 Å². The van der Waals surface area contributed by atoms with E-state index < -0.39 is 28.6 Å². The number of hydrogen-bond acceptors (Lipinski definition) is 2. The molecule has 1 amide bonds. The Kier molecular flexibility index (Phi) is 5.04. The Bertz CT molecular complexity index is 877. The molecule has 0 saturated heterocycles. The molecule has 1 fully saturated rings. The van der Waals surface area contributed by atoms with Crippen molar-refractivity contribution in [2.45, 2.75) is 56.2 Å². The second-order valence-corrected chi connectivity index (χ2v) is 8.22. The summed E-state index contributed by atoms with van der Waals surface area (Å²) in [5.41, 5.74) is 11.5. The number of primary amides is 1. The summed E-state index contributed by atoms with van der Waals surface area (Å²) in [6.45, 7) is 3.83. The largest absolute Gasteiger partial charge is 0.416 e. The minimum atomic E-state index is -4.54. The number of amides is 1. The van der Waals surface area contributed by atoms with Crippen molar-refractivity contribution in [3.05, 3.63) is 70.8 Å². The molecule has 28 heavy (non-hydrogen) atoms. The van der Waals surface area contributed by atoms with Crippen molar-refractivity contribution < 1.29 is 18.0 Å². The van der Waals surface area contributed by atoms with Crippen LogP contribution < -0.4 is 11.5 Å². The van der Waals surface area contributed by atoms with Crippen molar-refractivity contribution >= 4 is 5.91 Å². The average Bonchev–Trinajstić information content (AvgIpc) is 2.63. The smallest absolute Gasteiger partial charge is 0.366 e. The van der Waals surface area contributed by atoms with Crippen LogP contribution in [-0.2, 0) is 11.6 Å². The average molecular weight is 390 g/mol. The summed E-state index contributed by atoms with van der Waals surface area (Å²) in [6.07, 6.45) is -2.41. The Hall–Kier alpha value is -2.34. The molecule has 6 heteroatoms. The molecule has 0 spiro atoms. The molecule has 1 aliphatic rings. The fourth-order valence-corrected chi connectivity index (χ4v) is 4.45. The Labute approximate surface area is 162 Å². The van der Waals surface area contributed by atoms with Crippen LogP contribution in [0.4, 0.5) is 13.2 Å². The van der Waals surface area contributed by atoms with Crippen molar-refractivity contribution in [1.82, 2.24) is 0 Å². The van der Waals surface area contributed by atoms with E-state index in [2.05, 4.69) is 12.1 Å². The zero-order valence-electron chi connectivity index (χ0n) is 16.0. The summed E-state index contributed by atoms with van der Waals surface area (Å²) < 4.78 is 39.3. The Morgan fingerprint density at radius 3 is 2.29 bits per heavy atom. The van der Waals surface area contributed by atoms with E-state index in [0.29, 0.717) is 18.4 Å². The van der Waals surface area contributed by atoms with Crippen LogP contribution in [-0.4, -0.2) is 11.4 Å².